The molecule has 0 aliphatic heterocycles. The molecule has 0 fully saturated rings. The van der Waals surface area contributed by atoms with E-state index >= 15 is 0 Å². The summed E-state index contributed by atoms with van der Waals surface area (Å²) in [5.74, 6) is 0.627. The van der Waals surface area contributed by atoms with Gasteiger partial charge in [-0.2, -0.15) is 0 Å². The third-order valence-corrected chi connectivity index (χ3v) is 2.38. The second-order valence-corrected chi connectivity index (χ2v) is 4.03. The van der Waals surface area contributed by atoms with Crippen molar-refractivity contribution in [2.24, 2.45) is 0 Å². The van der Waals surface area contributed by atoms with Crippen molar-refractivity contribution in [1.82, 2.24) is 4.98 Å². The number of carbonyl (C=O) groups excluding carboxylic acids is 2. The van der Waals surface area contributed by atoms with E-state index in [1.807, 2.05) is 6.08 Å². The molecule has 0 aromatic carbocycles. The number of rotatable bonds is 4. The van der Waals surface area contributed by atoms with E-state index in [4.69, 9.17) is 0 Å². The van der Waals surface area contributed by atoms with E-state index in [9.17, 15) is 9.59 Å². The van der Waals surface area contributed by atoms with Crippen LogP contribution in [-0.2, 0) is 4.79 Å². The molecule has 0 N–H and O–H groups in total. The third kappa shape index (κ3) is 4.56. The maximum absolute atomic E-state index is 10.6. The zero-order valence-electron chi connectivity index (χ0n) is 8.34. The Morgan fingerprint density at radius 3 is 3.07 bits per heavy atom. The fourth-order valence-corrected chi connectivity index (χ4v) is 1.39. The average molecular weight is 221 g/mol. The van der Waals surface area contributed by atoms with Crippen LogP contribution in [0.5, 0.6) is 0 Å². The maximum atomic E-state index is 10.6. The Bertz CT molecular complexity index is 388. The van der Waals surface area contributed by atoms with E-state index in [0.29, 0.717) is 11.3 Å². The largest absolute Gasteiger partial charge is 0.298 e. The zero-order valence-corrected chi connectivity index (χ0v) is 9.16. The van der Waals surface area contributed by atoms with Crippen LogP contribution >= 0.6 is 11.8 Å². The Morgan fingerprint density at radius 2 is 2.40 bits per heavy atom. The van der Waals surface area contributed by atoms with Crippen LogP contribution in [0.4, 0.5) is 0 Å². The predicted molar refractivity (Wildman–Crippen MR) is 61.8 cm³/mol. The first-order valence-corrected chi connectivity index (χ1v) is 5.42. The predicted octanol–water partition coefficient (Wildman–Crippen LogP) is 2.19. The van der Waals surface area contributed by atoms with Crippen LogP contribution in [0.2, 0.25) is 0 Å². The Labute approximate surface area is 92.6 Å². The molecule has 3 nitrogen and oxygen atoms in total. The van der Waals surface area contributed by atoms with E-state index in [0.717, 1.165) is 12.0 Å². The van der Waals surface area contributed by atoms with Gasteiger partial charge < -0.3 is 0 Å². The van der Waals surface area contributed by atoms with Gasteiger partial charge in [0.1, 0.15) is 6.29 Å². The molecule has 0 atom stereocenters. The molecular weight excluding hydrogens is 210 g/mol. The Morgan fingerprint density at radius 1 is 1.60 bits per heavy atom. The molecule has 15 heavy (non-hydrogen) atoms. The molecule has 1 heterocycles. The summed E-state index contributed by atoms with van der Waals surface area (Å²) in [7, 11) is 0. The molecule has 0 amide bonds. The van der Waals surface area contributed by atoms with Gasteiger partial charge >= 0.3 is 0 Å². The third-order valence-electron chi connectivity index (χ3n) is 1.61. The summed E-state index contributed by atoms with van der Waals surface area (Å²) in [4.78, 5) is 25.2. The van der Waals surface area contributed by atoms with Crippen molar-refractivity contribution in [1.29, 1.82) is 0 Å². The minimum absolute atomic E-state index is 0.0919. The number of hydrogen-bond acceptors (Lipinski definition) is 4. The lowest BCUT2D eigenvalue weighted by Gasteiger charge is -1.93. The minimum atomic E-state index is 0.0919. The monoisotopic (exact) mass is 221 g/mol. The van der Waals surface area contributed by atoms with Crippen molar-refractivity contribution in [2.45, 2.75) is 6.92 Å². The molecule has 0 spiro atoms. The van der Waals surface area contributed by atoms with Crippen LogP contribution < -0.4 is 0 Å². The molecule has 1 aromatic rings. The van der Waals surface area contributed by atoms with Gasteiger partial charge in [0.05, 0.1) is 5.69 Å². The van der Waals surface area contributed by atoms with Crippen molar-refractivity contribution < 1.29 is 9.59 Å². The van der Waals surface area contributed by atoms with Crippen LogP contribution in [0.25, 0.3) is 6.08 Å². The molecule has 0 saturated heterocycles. The Balaban J connectivity index is 2.56. The highest BCUT2D eigenvalue weighted by Crippen LogP contribution is 2.05. The number of carbonyl (C=O) groups is 2. The lowest BCUT2D eigenvalue weighted by molar-refractivity contribution is -0.109. The quantitative estimate of drug-likeness (QED) is 0.731. The lowest BCUT2D eigenvalue weighted by atomic mass is 10.2. The van der Waals surface area contributed by atoms with Gasteiger partial charge in [-0.1, -0.05) is 17.8 Å². The lowest BCUT2D eigenvalue weighted by Crippen LogP contribution is -1.85. The second kappa shape index (κ2) is 6.14. The Kier molecular flexibility index (Phi) is 4.77. The van der Waals surface area contributed by atoms with Crippen LogP contribution in [0.15, 0.2) is 24.4 Å². The first-order chi connectivity index (χ1) is 7.22. The van der Waals surface area contributed by atoms with Crippen molar-refractivity contribution in [3.63, 3.8) is 0 Å². The molecule has 1 aromatic heterocycles. The molecule has 0 saturated carbocycles. The molecule has 0 bridgehead atoms. The highest BCUT2D eigenvalue weighted by molar-refractivity contribution is 8.13. The molecule has 0 unspecified atom stereocenters. The Hall–Kier alpha value is -1.42. The first kappa shape index (κ1) is 11.7. The summed E-state index contributed by atoms with van der Waals surface area (Å²) in [6.45, 7) is 1.53. The fourth-order valence-electron chi connectivity index (χ4n) is 0.964. The number of nitrogens with zero attached hydrogens (tertiary/aromatic N) is 1. The fraction of sp³-hybridized carbons (Fsp3) is 0.182. The summed E-state index contributed by atoms with van der Waals surface area (Å²) in [6.07, 6.45) is 6.01. The van der Waals surface area contributed by atoms with Crippen LogP contribution in [0.1, 0.15) is 23.0 Å². The highest BCUT2D eigenvalue weighted by atomic mass is 32.2. The molecule has 4 heteroatoms. The van der Waals surface area contributed by atoms with E-state index in [2.05, 4.69) is 4.98 Å². The number of aldehydes is 1. The van der Waals surface area contributed by atoms with Gasteiger partial charge in [0, 0.05) is 24.4 Å². The topological polar surface area (TPSA) is 47.0 Å². The van der Waals surface area contributed by atoms with Gasteiger partial charge in [-0.05, 0) is 18.2 Å². The number of thioether (sulfide) groups is 1. The summed E-state index contributed by atoms with van der Waals surface area (Å²) in [6, 6.07) is 3.34. The number of hydrogen-bond donors (Lipinski definition) is 0. The molecule has 78 valence electrons. The summed E-state index contributed by atoms with van der Waals surface area (Å²) in [5.41, 5.74) is 1.33. The SMILES string of the molecule is CC(=O)SCC=Cc1cc(C=O)ccn1. The van der Waals surface area contributed by atoms with Crippen LogP contribution in [-0.4, -0.2) is 22.1 Å². The van der Waals surface area contributed by atoms with E-state index in [-0.39, 0.29) is 5.12 Å². The van der Waals surface area contributed by atoms with Crippen molar-refractivity contribution in [3.8, 4) is 0 Å². The standard InChI is InChI=1S/C11H11NO2S/c1-9(14)15-6-2-3-11-7-10(8-13)4-5-12-11/h2-5,7-8H,6H2,1H3. The van der Waals surface area contributed by atoms with Crippen molar-refractivity contribution in [2.75, 3.05) is 5.75 Å². The molecule has 0 radical (unpaired) electrons. The van der Waals surface area contributed by atoms with Crippen molar-refractivity contribution in [3.05, 3.63) is 35.7 Å². The van der Waals surface area contributed by atoms with Gasteiger partial charge in [0.15, 0.2) is 5.12 Å². The van der Waals surface area contributed by atoms with E-state index in [1.54, 1.807) is 24.4 Å². The number of pyridine rings is 1. The normalized spacial score (nSPS) is 10.5. The molecule has 0 aliphatic carbocycles. The van der Waals surface area contributed by atoms with Gasteiger partial charge in [0.2, 0.25) is 0 Å². The highest BCUT2D eigenvalue weighted by Gasteiger charge is 1.93. The van der Waals surface area contributed by atoms with Crippen molar-refractivity contribution >= 4 is 29.2 Å². The van der Waals surface area contributed by atoms with E-state index < -0.39 is 0 Å². The van der Waals surface area contributed by atoms with Gasteiger partial charge in [0.25, 0.3) is 0 Å². The summed E-state index contributed by atoms with van der Waals surface area (Å²) >= 11 is 1.24. The molecule has 0 aliphatic rings. The van der Waals surface area contributed by atoms with Gasteiger partial charge in [-0.3, -0.25) is 14.6 Å². The first-order valence-electron chi connectivity index (χ1n) is 4.43. The van der Waals surface area contributed by atoms with Crippen LogP contribution in [0.3, 0.4) is 0 Å². The van der Waals surface area contributed by atoms with Gasteiger partial charge in [-0.25, -0.2) is 0 Å². The average Bonchev–Trinajstić information content (AvgIpc) is 2.24. The summed E-state index contributed by atoms with van der Waals surface area (Å²) in [5, 5.41) is 0.0919. The van der Waals surface area contributed by atoms with Crippen LogP contribution in [0, 0.1) is 0 Å². The minimum Gasteiger partial charge on any atom is -0.298 e. The molecule has 1 rings (SSSR count). The maximum Gasteiger partial charge on any atom is 0.186 e. The number of aromatic nitrogens is 1. The smallest absolute Gasteiger partial charge is 0.186 e. The van der Waals surface area contributed by atoms with Gasteiger partial charge in [-0.15, -0.1) is 0 Å². The second-order valence-electron chi connectivity index (χ2n) is 2.84. The molecular formula is C11H11NO2S. The van der Waals surface area contributed by atoms with E-state index in [1.165, 1.54) is 18.7 Å². The summed E-state index contributed by atoms with van der Waals surface area (Å²) < 4.78 is 0. The zero-order chi connectivity index (χ0) is 11.1.